The topological polar surface area (TPSA) is 54.5 Å². The van der Waals surface area contributed by atoms with Crippen LogP contribution in [0.5, 0.6) is 0 Å². The van der Waals surface area contributed by atoms with Gasteiger partial charge in [-0.05, 0) is 24.3 Å². The van der Waals surface area contributed by atoms with E-state index in [9.17, 15) is 0 Å². The molecular weight excluding hydrogens is 284 g/mol. The van der Waals surface area contributed by atoms with Gasteiger partial charge in [0, 0.05) is 34.8 Å². The summed E-state index contributed by atoms with van der Waals surface area (Å²) < 4.78 is 0. The molecule has 0 saturated heterocycles. The Morgan fingerprint density at radius 2 is 1.78 bits per heavy atom. The molecule has 4 nitrogen and oxygen atoms in total. The molecule has 0 aromatic carbocycles. The van der Waals surface area contributed by atoms with Crippen molar-refractivity contribution in [3.05, 3.63) is 53.6 Å². The average molecular weight is 308 g/mol. The summed E-state index contributed by atoms with van der Waals surface area (Å²) >= 11 is 0. The minimum absolute atomic E-state index is 0.00310. The van der Waals surface area contributed by atoms with Crippen LogP contribution in [-0.2, 0) is 17.3 Å². The molecule has 3 rings (SSSR count). The van der Waals surface area contributed by atoms with Crippen molar-refractivity contribution in [1.82, 2.24) is 20.2 Å². The zero-order valence-corrected chi connectivity index (χ0v) is 14.5. The molecule has 120 valence electrons. The SMILES string of the molecule is CC(C)(C)c1[nH]nc2ccc(CC(C)(C)c3ccccn3)nc12. The largest absolute Gasteiger partial charge is 0.279 e. The summed E-state index contributed by atoms with van der Waals surface area (Å²) in [6, 6.07) is 10.2. The Morgan fingerprint density at radius 3 is 2.43 bits per heavy atom. The molecule has 0 spiro atoms. The molecule has 0 amide bonds. The van der Waals surface area contributed by atoms with Crippen molar-refractivity contribution >= 4 is 11.0 Å². The van der Waals surface area contributed by atoms with E-state index in [4.69, 9.17) is 4.98 Å². The molecule has 0 bridgehead atoms. The molecule has 0 aliphatic heterocycles. The lowest BCUT2D eigenvalue weighted by Gasteiger charge is -2.23. The minimum atomic E-state index is -0.0619. The summed E-state index contributed by atoms with van der Waals surface area (Å²) in [7, 11) is 0. The molecule has 1 N–H and O–H groups in total. The number of aromatic nitrogens is 4. The molecule has 0 aliphatic carbocycles. The number of rotatable bonds is 3. The summed E-state index contributed by atoms with van der Waals surface area (Å²) in [4.78, 5) is 9.40. The van der Waals surface area contributed by atoms with Gasteiger partial charge in [-0.15, -0.1) is 0 Å². The van der Waals surface area contributed by atoms with Crippen LogP contribution in [0.25, 0.3) is 11.0 Å². The lowest BCUT2D eigenvalue weighted by molar-refractivity contribution is 0.499. The number of hydrogen-bond acceptors (Lipinski definition) is 3. The second-order valence-electron chi connectivity index (χ2n) is 7.79. The summed E-state index contributed by atoms with van der Waals surface area (Å²) in [6.07, 6.45) is 2.69. The van der Waals surface area contributed by atoms with E-state index < -0.39 is 0 Å². The molecule has 3 aromatic rings. The molecule has 0 saturated carbocycles. The van der Waals surface area contributed by atoms with E-state index in [1.165, 1.54) is 0 Å². The van der Waals surface area contributed by atoms with E-state index in [0.29, 0.717) is 0 Å². The van der Waals surface area contributed by atoms with E-state index in [-0.39, 0.29) is 10.8 Å². The lowest BCUT2D eigenvalue weighted by Crippen LogP contribution is -2.22. The van der Waals surface area contributed by atoms with Crippen LogP contribution in [0, 0.1) is 0 Å². The smallest absolute Gasteiger partial charge is 0.112 e. The molecule has 0 radical (unpaired) electrons. The van der Waals surface area contributed by atoms with Crippen molar-refractivity contribution in [2.45, 2.75) is 51.9 Å². The number of hydrogen-bond donors (Lipinski definition) is 1. The Kier molecular flexibility index (Phi) is 3.71. The van der Waals surface area contributed by atoms with Gasteiger partial charge in [-0.1, -0.05) is 40.7 Å². The van der Waals surface area contributed by atoms with Gasteiger partial charge in [-0.2, -0.15) is 5.10 Å². The van der Waals surface area contributed by atoms with Crippen LogP contribution in [0.2, 0.25) is 0 Å². The van der Waals surface area contributed by atoms with Crippen LogP contribution in [0.1, 0.15) is 51.7 Å². The average Bonchev–Trinajstić information content (AvgIpc) is 2.91. The van der Waals surface area contributed by atoms with Gasteiger partial charge in [0.1, 0.15) is 11.0 Å². The van der Waals surface area contributed by atoms with Gasteiger partial charge in [0.15, 0.2) is 0 Å². The fourth-order valence-electron chi connectivity index (χ4n) is 2.86. The lowest BCUT2D eigenvalue weighted by atomic mass is 9.83. The molecule has 0 fully saturated rings. The predicted molar refractivity (Wildman–Crippen MR) is 93.6 cm³/mol. The molecule has 3 aromatic heterocycles. The molecule has 0 atom stereocenters. The van der Waals surface area contributed by atoms with E-state index in [2.05, 4.69) is 68.0 Å². The van der Waals surface area contributed by atoms with Crippen molar-refractivity contribution in [2.75, 3.05) is 0 Å². The van der Waals surface area contributed by atoms with Gasteiger partial charge in [0.05, 0.1) is 5.69 Å². The summed E-state index contributed by atoms with van der Waals surface area (Å²) in [6.45, 7) is 10.9. The number of fused-ring (bicyclic) bond motifs is 1. The first-order valence-electron chi connectivity index (χ1n) is 8.03. The maximum atomic E-state index is 4.89. The van der Waals surface area contributed by atoms with Crippen LogP contribution in [0.3, 0.4) is 0 Å². The van der Waals surface area contributed by atoms with Gasteiger partial charge in [-0.25, -0.2) is 4.98 Å². The Balaban J connectivity index is 1.98. The van der Waals surface area contributed by atoms with Crippen LogP contribution in [-0.4, -0.2) is 20.2 Å². The standard InChI is InChI=1S/C19H24N4/c1-18(2,3)17-16-14(22-23-17)10-9-13(21-16)12-19(4,5)15-8-6-7-11-20-15/h6-11H,12H2,1-5H3,(H,22,23). The fraction of sp³-hybridized carbons (Fsp3) is 0.421. The third-order valence-corrected chi connectivity index (χ3v) is 4.19. The first-order chi connectivity index (χ1) is 10.8. The van der Waals surface area contributed by atoms with E-state index >= 15 is 0 Å². The van der Waals surface area contributed by atoms with Gasteiger partial charge in [0.25, 0.3) is 0 Å². The molecule has 23 heavy (non-hydrogen) atoms. The minimum Gasteiger partial charge on any atom is -0.279 e. The van der Waals surface area contributed by atoms with E-state index in [0.717, 1.165) is 34.5 Å². The summed E-state index contributed by atoms with van der Waals surface area (Å²) in [5.74, 6) is 0. The highest BCUT2D eigenvalue weighted by molar-refractivity contribution is 5.78. The van der Waals surface area contributed by atoms with Gasteiger partial charge in [0.2, 0.25) is 0 Å². The third-order valence-electron chi connectivity index (χ3n) is 4.19. The normalized spacial score (nSPS) is 12.7. The summed E-state index contributed by atoms with van der Waals surface area (Å²) in [5, 5.41) is 7.53. The number of aromatic amines is 1. The highest BCUT2D eigenvalue weighted by atomic mass is 15.1. The Morgan fingerprint density at radius 1 is 1.00 bits per heavy atom. The van der Waals surface area contributed by atoms with Gasteiger partial charge < -0.3 is 0 Å². The second-order valence-corrected chi connectivity index (χ2v) is 7.79. The predicted octanol–water partition coefficient (Wildman–Crippen LogP) is 4.17. The number of nitrogens with one attached hydrogen (secondary N) is 1. The first-order valence-corrected chi connectivity index (χ1v) is 8.03. The van der Waals surface area contributed by atoms with E-state index in [1.807, 2.05) is 18.3 Å². The zero-order valence-electron chi connectivity index (χ0n) is 14.5. The maximum Gasteiger partial charge on any atom is 0.112 e. The fourth-order valence-corrected chi connectivity index (χ4v) is 2.86. The van der Waals surface area contributed by atoms with Gasteiger partial charge >= 0.3 is 0 Å². The summed E-state index contributed by atoms with van der Waals surface area (Å²) in [5.41, 5.74) is 5.08. The van der Waals surface area contributed by atoms with Crippen molar-refractivity contribution < 1.29 is 0 Å². The van der Waals surface area contributed by atoms with Crippen LogP contribution in [0.15, 0.2) is 36.5 Å². The Labute approximate surface area is 137 Å². The van der Waals surface area contributed by atoms with Crippen molar-refractivity contribution in [3.8, 4) is 0 Å². The molecule has 0 unspecified atom stereocenters. The molecule has 4 heteroatoms. The number of H-pyrrole nitrogens is 1. The van der Waals surface area contributed by atoms with Crippen molar-refractivity contribution in [3.63, 3.8) is 0 Å². The third kappa shape index (κ3) is 3.11. The van der Waals surface area contributed by atoms with Crippen LogP contribution >= 0.6 is 0 Å². The Hall–Kier alpha value is -2.23. The highest BCUT2D eigenvalue weighted by Crippen LogP contribution is 2.29. The second kappa shape index (κ2) is 5.44. The quantitative estimate of drug-likeness (QED) is 0.790. The van der Waals surface area contributed by atoms with Crippen molar-refractivity contribution in [1.29, 1.82) is 0 Å². The maximum absolute atomic E-state index is 4.89. The van der Waals surface area contributed by atoms with Crippen LogP contribution < -0.4 is 0 Å². The molecule has 0 aliphatic rings. The number of pyridine rings is 2. The Bertz CT molecular complexity index is 810. The van der Waals surface area contributed by atoms with Crippen molar-refractivity contribution in [2.24, 2.45) is 0 Å². The van der Waals surface area contributed by atoms with Crippen LogP contribution in [0.4, 0.5) is 0 Å². The zero-order chi connectivity index (χ0) is 16.7. The molecular formula is C19H24N4. The highest BCUT2D eigenvalue weighted by Gasteiger charge is 2.25. The van der Waals surface area contributed by atoms with E-state index in [1.54, 1.807) is 0 Å². The first kappa shape index (κ1) is 15.7. The number of nitrogens with zero attached hydrogens (tertiary/aromatic N) is 3. The monoisotopic (exact) mass is 308 g/mol. The van der Waals surface area contributed by atoms with Gasteiger partial charge in [-0.3, -0.25) is 10.1 Å². The molecule has 3 heterocycles.